The van der Waals surface area contributed by atoms with Gasteiger partial charge < -0.3 is 10.6 Å². The number of alkyl halides is 3. The van der Waals surface area contributed by atoms with Crippen molar-refractivity contribution in [3.8, 4) is 11.3 Å². The minimum absolute atomic E-state index is 0.0771. The molecule has 2 N–H and O–H groups in total. The Morgan fingerprint density at radius 1 is 1.23 bits per heavy atom. The molecule has 2 aromatic heterocycles. The molecule has 30 heavy (non-hydrogen) atoms. The summed E-state index contributed by atoms with van der Waals surface area (Å²) in [6, 6.07) is 4.67. The first-order chi connectivity index (χ1) is 14.3. The number of nitrogen functional groups attached to an aromatic ring is 1. The van der Waals surface area contributed by atoms with Crippen LogP contribution >= 0.6 is 0 Å². The Morgan fingerprint density at radius 3 is 2.63 bits per heavy atom. The second-order valence-electron chi connectivity index (χ2n) is 7.32. The average molecular weight is 418 g/mol. The third kappa shape index (κ3) is 3.57. The highest BCUT2D eigenvalue weighted by Gasteiger charge is 2.31. The summed E-state index contributed by atoms with van der Waals surface area (Å²) in [4.78, 5) is 22.3. The zero-order valence-corrected chi connectivity index (χ0v) is 16.4. The maximum absolute atomic E-state index is 12.9. The fourth-order valence-electron chi connectivity index (χ4n) is 3.87. The van der Waals surface area contributed by atoms with Crippen LogP contribution in [0.25, 0.3) is 22.3 Å². The van der Waals surface area contributed by atoms with Crippen LogP contribution in [0.15, 0.2) is 30.6 Å². The number of nitrogens with two attached hydrogens (primary N) is 1. The van der Waals surface area contributed by atoms with E-state index in [9.17, 15) is 18.0 Å². The van der Waals surface area contributed by atoms with E-state index in [4.69, 9.17) is 5.73 Å². The summed E-state index contributed by atoms with van der Waals surface area (Å²) in [5, 5.41) is 5.17. The number of hydrogen-bond donors (Lipinski definition) is 1. The summed E-state index contributed by atoms with van der Waals surface area (Å²) >= 11 is 0. The molecule has 1 aliphatic rings. The van der Waals surface area contributed by atoms with Crippen LogP contribution in [0.3, 0.4) is 0 Å². The van der Waals surface area contributed by atoms with E-state index in [1.54, 1.807) is 4.68 Å². The molecule has 4 rings (SSSR count). The lowest BCUT2D eigenvalue weighted by molar-refractivity contribution is -0.137. The van der Waals surface area contributed by atoms with Gasteiger partial charge in [-0.3, -0.25) is 4.79 Å². The van der Waals surface area contributed by atoms with Gasteiger partial charge >= 0.3 is 6.18 Å². The predicted octanol–water partition coefficient (Wildman–Crippen LogP) is 3.67. The van der Waals surface area contributed by atoms with Crippen LogP contribution in [-0.4, -0.2) is 43.6 Å². The number of likely N-dealkylation sites (tertiary alicyclic amines) is 1. The number of carbonyl (C=O) groups excluding carboxylic acids is 1. The predicted molar refractivity (Wildman–Crippen MR) is 105 cm³/mol. The summed E-state index contributed by atoms with van der Waals surface area (Å²) in [5.41, 5.74) is 6.77. The number of carbonyl (C=O) groups is 1. The highest BCUT2D eigenvalue weighted by Crippen LogP contribution is 2.35. The van der Waals surface area contributed by atoms with Crippen molar-refractivity contribution in [2.24, 2.45) is 0 Å². The minimum Gasteiger partial charge on any atom is -0.383 e. The van der Waals surface area contributed by atoms with Gasteiger partial charge in [0, 0.05) is 25.1 Å². The standard InChI is InChI=1S/C20H21F3N6O/c1-2-15(30)28-9-3-4-14(10-28)29-19-16(18(24)25-11-26-19)17(27-29)12-5-7-13(8-6-12)20(21,22)23/h5-8,11,14H,2-4,9-10H2,1H3,(H2,24,25,26)/t14-/m1/s1. The molecule has 0 aliphatic carbocycles. The lowest BCUT2D eigenvalue weighted by Crippen LogP contribution is -2.40. The summed E-state index contributed by atoms with van der Waals surface area (Å²) < 4.78 is 40.5. The number of rotatable bonds is 3. The maximum atomic E-state index is 12.9. The normalized spacial score (nSPS) is 17.5. The van der Waals surface area contributed by atoms with Gasteiger partial charge in [0.2, 0.25) is 5.91 Å². The number of benzene rings is 1. The molecule has 1 saturated heterocycles. The Balaban J connectivity index is 1.78. The fraction of sp³-hybridized carbons (Fsp3) is 0.400. The molecule has 1 atom stereocenters. The van der Waals surface area contributed by atoms with Gasteiger partial charge in [0.1, 0.15) is 17.8 Å². The lowest BCUT2D eigenvalue weighted by Gasteiger charge is -2.32. The van der Waals surface area contributed by atoms with Gasteiger partial charge in [-0.1, -0.05) is 19.1 Å². The van der Waals surface area contributed by atoms with Crippen LogP contribution in [0.4, 0.5) is 19.0 Å². The molecule has 10 heteroatoms. The highest BCUT2D eigenvalue weighted by molar-refractivity contribution is 5.98. The lowest BCUT2D eigenvalue weighted by atomic mass is 10.1. The molecule has 1 aromatic carbocycles. The number of piperidine rings is 1. The highest BCUT2D eigenvalue weighted by atomic mass is 19.4. The van der Waals surface area contributed by atoms with Crippen molar-refractivity contribution in [3.63, 3.8) is 0 Å². The molecular formula is C20H21F3N6O. The number of amides is 1. The number of hydrogen-bond acceptors (Lipinski definition) is 5. The zero-order chi connectivity index (χ0) is 21.5. The molecule has 0 bridgehead atoms. The van der Waals surface area contributed by atoms with Gasteiger partial charge in [-0.25, -0.2) is 14.6 Å². The molecule has 0 saturated carbocycles. The first-order valence-corrected chi connectivity index (χ1v) is 9.73. The largest absolute Gasteiger partial charge is 0.416 e. The van der Waals surface area contributed by atoms with E-state index in [2.05, 4.69) is 15.1 Å². The van der Waals surface area contributed by atoms with Gasteiger partial charge in [0.05, 0.1) is 17.0 Å². The molecule has 3 aromatic rings. The first kappa shape index (κ1) is 20.1. The summed E-state index contributed by atoms with van der Waals surface area (Å²) in [7, 11) is 0. The number of halogens is 3. The van der Waals surface area contributed by atoms with E-state index in [1.165, 1.54) is 18.5 Å². The van der Waals surface area contributed by atoms with Crippen LogP contribution in [0.5, 0.6) is 0 Å². The van der Waals surface area contributed by atoms with Gasteiger partial charge in [0.25, 0.3) is 0 Å². The number of fused-ring (bicyclic) bond motifs is 1. The number of anilines is 1. The average Bonchev–Trinajstić information content (AvgIpc) is 3.14. The molecule has 1 aliphatic heterocycles. The quantitative estimate of drug-likeness (QED) is 0.701. The molecule has 0 radical (unpaired) electrons. The van der Waals surface area contributed by atoms with Crippen LogP contribution in [0.1, 0.15) is 37.8 Å². The van der Waals surface area contributed by atoms with Crippen LogP contribution in [0, 0.1) is 0 Å². The molecule has 3 heterocycles. The number of nitrogens with zero attached hydrogens (tertiary/aromatic N) is 5. The maximum Gasteiger partial charge on any atom is 0.416 e. The topological polar surface area (TPSA) is 89.9 Å². The molecule has 7 nitrogen and oxygen atoms in total. The van der Waals surface area contributed by atoms with Crippen molar-refractivity contribution < 1.29 is 18.0 Å². The molecule has 1 amide bonds. The van der Waals surface area contributed by atoms with Crippen molar-refractivity contribution in [2.75, 3.05) is 18.8 Å². The number of aromatic nitrogens is 4. The van der Waals surface area contributed by atoms with Crippen molar-refractivity contribution in [2.45, 2.75) is 38.4 Å². The van der Waals surface area contributed by atoms with Crippen molar-refractivity contribution in [1.82, 2.24) is 24.6 Å². The van der Waals surface area contributed by atoms with Crippen molar-refractivity contribution in [3.05, 3.63) is 36.2 Å². The second-order valence-corrected chi connectivity index (χ2v) is 7.32. The summed E-state index contributed by atoms with van der Waals surface area (Å²) in [6.07, 6.45) is -1.02. The molecule has 1 fully saturated rings. The van der Waals surface area contributed by atoms with Crippen LogP contribution < -0.4 is 5.73 Å². The zero-order valence-electron chi connectivity index (χ0n) is 16.4. The van der Waals surface area contributed by atoms with E-state index in [1.807, 2.05) is 11.8 Å². The van der Waals surface area contributed by atoms with E-state index in [0.717, 1.165) is 25.0 Å². The van der Waals surface area contributed by atoms with E-state index in [-0.39, 0.29) is 17.8 Å². The van der Waals surface area contributed by atoms with Gasteiger partial charge in [0.15, 0.2) is 5.65 Å². The monoisotopic (exact) mass is 418 g/mol. The van der Waals surface area contributed by atoms with Gasteiger partial charge in [-0.15, -0.1) is 0 Å². The Bertz CT molecular complexity index is 1080. The molecule has 0 unspecified atom stereocenters. The van der Waals surface area contributed by atoms with Crippen LogP contribution in [0.2, 0.25) is 0 Å². The van der Waals surface area contributed by atoms with Crippen molar-refractivity contribution in [1.29, 1.82) is 0 Å². The van der Waals surface area contributed by atoms with E-state index in [0.29, 0.717) is 41.8 Å². The Labute approximate surface area is 170 Å². The summed E-state index contributed by atoms with van der Waals surface area (Å²) in [5.74, 6) is 0.284. The van der Waals surface area contributed by atoms with Crippen molar-refractivity contribution >= 4 is 22.8 Å². The summed E-state index contributed by atoms with van der Waals surface area (Å²) in [6.45, 7) is 3.02. The third-order valence-corrected chi connectivity index (χ3v) is 5.40. The van der Waals surface area contributed by atoms with Gasteiger partial charge in [-0.2, -0.15) is 18.3 Å². The Kier molecular flexibility index (Phi) is 5.08. The minimum atomic E-state index is -4.42. The molecule has 0 spiro atoms. The molecule has 158 valence electrons. The third-order valence-electron chi connectivity index (χ3n) is 5.40. The van der Waals surface area contributed by atoms with Crippen LogP contribution in [-0.2, 0) is 11.0 Å². The fourth-order valence-corrected chi connectivity index (χ4v) is 3.87. The molecular weight excluding hydrogens is 397 g/mol. The SMILES string of the molecule is CCC(=O)N1CCC[C@@H](n2nc(-c3ccc(C(F)(F)F)cc3)c3c(N)ncnc32)C1. The smallest absolute Gasteiger partial charge is 0.383 e. The second kappa shape index (κ2) is 7.58. The Hall–Kier alpha value is -3.17. The first-order valence-electron chi connectivity index (χ1n) is 9.73. The van der Waals surface area contributed by atoms with Gasteiger partial charge in [-0.05, 0) is 25.0 Å². The Morgan fingerprint density at radius 2 is 1.97 bits per heavy atom. The van der Waals surface area contributed by atoms with E-state index < -0.39 is 11.7 Å². The van der Waals surface area contributed by atoms with E-state index >= 15 is 0 Å².